The lowest BCUT2D eigenvalue weighted by atomic mass is 10.0. The molecule has 1 heterocycles. The molecule has 1 saturated heterocycles. The van der Waals surface area contributed by atoms with Crippen LogP contribution in [-0.4, -0.2) is 32.1 Å². The predicted octanol–water partition coefficient (Wildman–Crippen LogP) is 1.83. The highest BCUT2D eigenvalue weighted by Crippen LogP contribution is 2.18. The number of nitrogens with one attached hydrogen (secondary N) is 2. The first-order valence-corrected chi connectivity index (χ1v) is 6.82. The highest BCUT2D eigenvalue weighted by molar-refractivity contribution is 5.85. The van der Waals surface area contributed by atoms with Crippen molar-refractivity contribution in [1.82, 2.24) is 10.6 Å². The van der Waals surface area contributed by atoms with Crippen LogP contribution in [0.3, 0.4) is 0 Å². The Bertz CT molecular complexity index is 447. The van der Waals surface area contributed by atoms with E-state index in [4.69, 9.17) is 4.74 Å². The number of aryl methyl sites for hydroxylation is 2. The molecule has 0 spiro atoms. The van der Waals surface area contributed by atoms with Gasteiger partial charge in [0.15, 0.2) is 0 Å². The molecule has 0 unspecified atom stereocenters. The molecule has 0 atom stereocenters. The van der Waals surface area contributed by atoms with Gasteiger partial charge in [-0.05, 0) is 25.5 Å². The van der Waals surface area contributed by atoms with Crippen molar-refractivity contribution in [3.63, 3.8) is 0 Å². The number of ether oxygens (including phenoxy) is 1. The number of benzene rings is 1. The van der Waals surface area contributed by atoms with Gasteiger partial charge in [-0.1, -0.05) is 17.7 Å². The van der Waals surface area contributed by atoms with Gasteiger partial charge in [0.2, 0.25) is 5.91 Å². The van der Waals surface area contributed by atoms with Gasteiger partial charge in [-0.2, -0.15) is 0 Å². The van der Waals surface area contributed by atoms with Gasteiger partial charge in [-0.3, -0.25) is 4.79 Å². The molecule has 0 radical (unpaired) electrons. The largest absolute Gasteiger partial charge is 0.493 e. The number of halogens is 1. The molecular weight excluding hydrogens is 276 g/mol. The van der Waals surface area contributed by atoms with E-state index in [1.807, 2.05) is 19.1 Å². The third kappa shape index (κ3) is 5.02. The molecule has 1 aromatic carbocycles. The summed E-state index contributed by atoms with van der Waals surface area (Å²) in [6.45, 7) is 7.30. The van der Waals surface area contributed by atoms with E-state index in [0.717, 1.165) is 30.9 Å². The summed E-state index contributed by atoms with van der Waals surface area (Å²) in [5, 5.41) is 6.12. The van der Waals surface area contributed by atoms with E-state index in [1.165, 1.54) is 5.56 Å². The standard InChI is InChI=1S/C15H22N2O2.ClH/c1-11-3-4-14(12(2)7-11)19-6-5-15(18)17-10-13-8-16-9-13;/h3-4,7,13,16H,5-6,8-10H2,1-2H3,(H,17,18);1H. The minimum Gasteiger partial charge on any atom is -0.493 e. The maximum atomic E-state index is 11.6. The third-order valence-corrected chi connectivity index (χ3v) is 3.37. The number of hydrogen-bond acceptors (Lipinski definition) is 3. The van der Waals surface area contributed by atoms with Crippen molar-refractivity contribution >= 4 is 18.3 Å². The first-order chi connectivity index (χ1) is 9.15. The van der Waals surface area contributed by atoms with Crippen LogP contribution in [0.4, 0.5) is 0 Å². The monoisotopic (exact) mass is 298 g/mol. The van der Waals surface area contributed by atoms with Gasteiger partial charge in [0.1, 0.15) is 5.75 Å². The van der Waals surface area contributed by atoms with Gasteiger partial charge in [0.25, 0.3) is 0 Å². The minimum atomic E-state index is 0. The average molecular weight is 299 g/mol. The Balaban J connectivity index is 0.00000200. The maximum Gasteiger partial charge on any atom is 0.223 e. The molecule has 0 aliphatic carbocycles. The lowest BCUT2D eigenvalue weighted by Gasteiger charge is -2.27. The van der Waals surface area contributed by atoms with E-state index in [9.17, 15) is 4.79 Å². The number of hydrogen-bond donors (Lipinski definition) is 2. The number of carbonyl (C=O) groups excluding carboxylic acids is 1. The summed E-state index contributed by atoms with van der Waals surface area (Å²) >= 11 is 0. The van der Waals surface area contributed by atoms with Crippen LogP contribution in [0.25, 0.3) is 0 Å². The molecule has 1 aliphatic rings. The Kier molecular flexibility index (Phi) is 6.82. The zero-order valence-corrected chi connectivity index (χ0v) is 12.9. The SMILES string of the molecule is Cc1ccc(OCCC(=O)NCC2CNC2)c(C)c1.Cl. The molecule has 4 nitrogen and oxygen atoms in total. The molecule has 2 rings (SSSR count). The van der Waals surface area contributed by atoms with Gasteiger partial charge in [0.05, 0.1) is 13.0 Å². The molecule has 0 saturated carbocycles. The van der Waals surface area contributed by atoms with Crippen LogP contribution in [0.2, 0.25) is 0 Å². The third-order valence-electron chi connectivity index (χ3n) is 3.37. The maximum absolute atomic E-state index is 11.6. The van der Waals surface area contributed by atoms with Crippen LogP contribution in [-0.2, 0) is 4.79 Å². The van der Waals surface area contributed by atoms with Gasteiger partial charge in [-0.15, -0.1) is 12.4 Å². The summed E-state index contributed by atoms with van der Waals surface area (Å²) in [5.41, 5.74) is 2.33. The first kappa shape index (κ1) is 16.8. The van der Waals surface area contributed by atoms with Crippen molar-refractivity contribution in [3.05, 3.63) is 29.3 Å². The Morgan fingerprint density at radius 1 is 1.40 bits per heavy atom. The van der Waals surface area contributed by atoms with Crippen molar-refractivity contribution in [3.8, 4) is 5.75 Å². The zero-order valence-electron chi connectivity index (χ0n) is 12.1. The van der Waals surface area contributed by atoms with Crippen LogP contribution in [0.1, 0.15) is 17.5 Å². The normalized spacial score (nSPS) is 14.1. The van der Waals surface area contributed by atoms with Gasteiger partial charge in [-0.25, -0.2) is 0 Å². The predicted molar refractivity (Wildman–Crippen MR) is 82.6 cm³/mol. The molecule has 1 amide bonds. The first-order valence-electron chi connectivity index (χ1n) is 6.82. The summed E-state index contributed by atoms with van der Waals surface area (Å²) in [4.78, 5) is 11.6. The number of rotatable bonds is 6. The molecule has 1 aromatic rings. The molecule has 20 heavy (non-hydrogen) atoms. The van der Waals surface area contributed by atoms with Gasteiger partial charge in [0, 0.05) is 25.6 Å². The lowest BCUT2D eigenvalue weighted by molar-refractivity contribution is -0.121. The minimum absolute atomic E-state index is 0. The highest BCUT2D eigenvalue weighted by Gasteiger charge is 2.16. The van der Waals surface area contributed by atoms with Crippen LogP contribution < -0.4 is 15.4 Å². The van der Waals surface area contributed by atoms with Crippen LogP contribution >= 0.6 is 12.4 Å². The molecule has 0 bridgehead atoms. The number of carbonyl (C=O) groups is 1. The van der Waals surface area contributed by atoms with Gasteiger partial charge < -0.3 is 15.4 Å². The quantitative estimate of drug-likeness (QED) is 0.842. The van der Waals surface area contributed by atoms with Crippen LogP contribution in [0.5, 0.6) is 5.75 Å². The highest BCUT2D eigenvalue weighted by atomic mass is 35.5. The summed E-state index contributed by atoms with van der Waals surface area (Å²) < 4.78 is 5.64. The smallest absolute Gasteiger partial charge is 0.223 e. The van der Waals surface area contributed by atoms with Crippen LogP contribution in [0.15, 0.2) is 18.2 Å². The summed E-state index contributed by atoms with van der Waals surface area (Å²) in [6.07, 6.45) is 0.410. The molecule has 2 N–H and O–H groups in total. The topological polar surface area (TPSA) is 50.4 Å². The molecular formula is C15H23ClN2O2. The fourth-order valence-electron chi connectivity index (χ4n) is 2.05. The average Bonchev–Trinajstić information content (AvgIpc) is 2.30. The van der Waals surface area contributed by atoms with Gasteiger partial charge >= 0.3 is 0 Å². The van der Waals surface area contributed by atoms with E-state index < -0.39 is 0 Å². The Hall–Kier alpha value is -1.26. The summed E-state index contributed by atoms with van der Waals surface area (Å²) in [5.74, 6) is 1.53. The van der Waals surface area contributed by atoms with E-state index >= 15 is 0 Å². The lowest BCUT2D eigenvalue weighted by Crippen LogP contribution is -2.48. The summed E-state index contributed by atoms with van der Waals surface area (Å²) in [7, 11) is 0. The second kappa shape index (κ2) is 8.12. The second-order valence-electron chi connectivity index (χ2n) is 5.20. The number of amides is 1. The van der Waals surface area contributed by atoms with E-state index in [0.29, 0.717) is 18.9 Å². The van der Waals surface area contributed by atoms with E-state index in [-0.39, 0.29) is 18.3 Å². The zero-order chi connectivity index (χ0) is 13.7. The Morgan fingerprint density at radius 2 is 2.15 bits per heavy atom. The van der Waals surface area contributed by atoms with Crippen LogP contribution in [0, 0.1) is 19.8 Å². The molecule has 0 aromatic heterocycles. The van der Waals surface area contributed by atoms with Crippen molar-refractivity contribution in [2.45, 2.75) is 20.3 Å². The molecule has 1 fully saturated rings. The fourth-order valence-corrected chi connectivity index (χ4v) is 2.05. The second-order valence-corrected chi connectivity index (χ2v) is 5.20. The van der Waals surface area contributed by atoms with Crippen molar-refractivity contribution in [2.24, 2.45) is 5.92 Å². The van der Waals surface area contributed by atoms with Crippen molar-refractivity contribution in [2.75, 3.05) is 26.2 Å². The fraction of sp³-hybridized carbons (Fsp3) is 0.533. The van der Waals surface area contributed by atoms with E-state index in [1.54, 1.807) is 0 Å². The summed E-state index contributed by atoms with van der Waals surface area (Å²) in [6, 6.07) is 6.06. The van der Waals surface area contributed by atoms with E-state index in [2.05, 4.69) is 23.6 Å². The Labute approximate surface area is 126 Å². The Morgan fingerprint density at radius 3 is 2.75 bits per heavy atom. The molecule has 5 heteroatoms. The van der Waals surface area contributed by atoms with Crippen molar-refractivity contribution in [1.29, 1.82) is 0 Å². The molecule has 1 aliphatic heterocycles. The molecule has 112 valence electrons. The van der Waals surface area contributed by atoms with Crippen molar-refractivity contribution < 1.29 is 9.53 Å².